The molecule has 130 valence electrons. The van der Waals surface area contributed by atoms with Gasteiger partial charge in [-0.15, -0.1) is 0 Å². The molecule has 7 nitrogen and oxygen atoms in total. The van der Waals surface area contributed by atoms with E-state index in [-0.39, 0.29) is 24.2 Å². The van der Waals surface area contributed by atoms with Crippen LogP contribution in [0.5, 0.6) is 0 Å². The average molecular weight is 341 g/mol. The first-order valence-corrected chi connectivity index (χ1v) is 8.54. The van der Waals surface area contributed by atoms with Crippen LogP contribution in [0, 0.1) is 5.92 Å². The molecule has 3 aliphatic rings. The molecule has 0 aromatic heterocycles. The zero-order valence-electron chi connectivity index (χ0n) is 13.7. The lowest BCUT2D eigenvalue weighted by Crippen LogP contribution is -2.52. The zero-order valence-corrected chi connectivity index (χ0v) is 13.7. The van der Waals surface area contributed by atoms with Crippen molar-refractivity contribution in [2.24, 2.45) is 5.92 Å². The van der Waals surface area contributed by atoms with Crippen LogP contribution in [0.1, 0.15) is 35.2 Å². The molecule has 1 N–H and O–H groups in total. The summed E-state index contributed by atoms with van der Waals surface area (Å²) < 4.78 is 0. The monoisotopic (exact) mass is 341 g/mol. The molecule has 4 rings (SSSR count). The third-order valence-corrected chi connectivity index (χ3v) is 5.29. The summed E-state index contributed by atoms with van der Waals surface area (Å²) in [5, 5.41) is 2.31. The zero-order chi connectivity index (χ0) is 17.6. The van der Waals surface area contributed by atoms with Crippen molar-refractivity contribution in [1.29, 1.82) is 0 Å². The maximum Gasteiger partial charge on any atom is 0.255 e. The molecule has 2 fully saturated rings. The minimum Gasteiger partial charge on any atom is -0.371 e. The predicted molar refractivity (Wildman–Crippen MR) is 88.9 cm³/mol. The molecular weight excluding hydrogens is 322 g/mol. The van der Waals surface area contributed by atoms with Crippen LogP contribution in [-0.4, -0.2) is 48.0 Å². The Hall–Kier alpha value is -2.70. The van der Waals surface area contributed by atoms with Gasteiger partial charge in [0.1, 0.15) is 12.3 Å². The SMILES string of the molecule is O=CC1CCN(c2ccc3c(c2)C(=O)N(C2CCC(=O)NC2=O)C3)C1. The van der Waals surface area contributed by atoms with Gasteiger partial charge in [0.25, 0.3) is 5.91 Å². The van der Waals surface area contributed by atoms with Gasteiger partial charge in [-0.05, 0) is 30.5 Å². The van der Waals surface area contributed by atoms with E-state index in [1.807, 2.05) is 18.2 Å². The van der Waals surface area contributed by atoms with E-state index in [1.54, 1.807) is 4.90 Å². The summed E-state index contributed by atoms with van der Waals surface area (Å²) in [6.07, 6.45) is 2.44. The highest BCUT2D eigenvalue weighted by molar-refractivity contribution is 6.05. The highest BCUT2D eigenvalue weighted by atomic mass is 16.2. The smallest absolute Gasteiger partial charge is 0.255 e. The molecule has 3 aliphatic heterocycles. The maximum absolute atomic E-state index is 12.8. The molecule has 3 amide bonds. The standard InChI is InChI=1S/C18H19N3O4/c22-10-11-5-6-20(8-11)13-2-1-12-9-21(18(25)14(12)7-13)15-3-4-16(23)19-17(15)24/h1-2,7,10-11,15H,3-6,8-9H2,(H,19,23,24). The second kappa shape index (κ2) is 5.98. The maximum atomic E-state index is 12.8. The summed E-state index contributed by atoms with van der Waals surface area (Å²) >= 11 is 0. The highest BCUT2D eigenvalue weighted by Gasteiger charge is 2.39. The van der Waals surface area contributed by atoms with Crippen LogP contribution >= 0.6 is 0 Å². The van der Waals surface area contributed by atoms with Gasteiger partial charge in [-0.3, -0.25) is 19.7 Å². The van der Waals surface area contributed by atoms with Crippen LogP contribution in [0.2, 0.25) is 0 Å². The Bertz CT molecular complexity index is 776. The number of anilines is 1. The molecule has 25 heavy (non-hydrogen) atoms. The molecular formula is C18H19N3O4. The van der Waals surface area contributed by atoms with E-state index in [1.165, 1.54) is 0 Å². The second-order valence-corrected chi connectivity index (χ2v) is 6.87. The van der Waals surface area contributed by atoms with E-state index in [4.69, 9.17) is 0 Å². The lowest BCUT2D eigenvalue weighted by atomic mass is 10.0. The normalized spacial score (nSPS) is 26.0. The topological polar surface area (TPSA) is 86.8 Å². The Labute approximate surface area is 145 Å². The minimum atomic E-state index is -0.590. The van der Waals surface area contributed by atoms with E-state index in [0.29, 0.717) is 25.1 Å². The molecule has 0 saturated carbocycles. The van der Waals surface area contributed by atoms with Crippen molar-refractivity contribution in [2.45, 2.75) is 31.8 Å². The number of rotatable bonds is 3. The van der Waals surface area contributed by atoms with Crippen LogP contribution in [0.15, 0.2) is 18.2 Å². The molecule has 1 aromatic rings. The number of imide groups is 1. The molecule has 0 aliphatic carbocycles. The summed E-state index contributed by atoms with van der Waals surface area (Å²) in [6.45, 7) is 1.86. The lowest BCUT2D eigenvalue weighted by molar-refractivity contribution is -0.136. The summed E-state index contributed by atoms with van der Waals surface area (Å²) in [5.41, 5.74) is 2.43. The Morgan fingerprint density at radius 1 is 1.16 bits per heavy atom. The summed E-state index contributed by atoms with van der Waals surface area (Å²) in [5.74, 6) is -0.807. The number of carbonyl (C=O) groups excluding carboxylic acids is 4. The van der Waals surface area contributed by atoms with E-state index >= 15 is 0 Å². The first-order chi connectivity index (χ1) is 12.1. The molecule has 0 radical (unpaired) electrons. The number of hydrogen-bond acceptors (Lipinski definition) is 5. The summed E-state index contributed by atoms with van der Waals surface area (Å²) in [6, 6.07) is 5.15. The third kappa shape index (κ3) is 2.69. The predicted octanol–water partition coefficient (Wildman–Crippen LogP) is 0.473. The number of benzene rings is 1. The van der Waals surface area contributed by atoms with Crippen molar-refractivity contribution in [3.05, 3.63) is 29.3 Å². The van der Waals surface area contributed by atoms with Crippen LogP contribution in [-0.2, 0) is 20.9 Å². The van der Waals surface area contributed by atoms with Crippen molar-refractivity contribution in [3.63, 3.8) is 0 Å². The van der Waals surface area contributed by atoms with E-state index in [9.17, 15) is 19.2 Å². The second-order valence-electron chi connectivity index (χ2n) is 6.87. The van der Waals surface area contributed by atoms with E-state index in [0.717, 1.165) is 30.5 Å². The quantitative estimate of drug-likeness (QED) is 0.638. The first-order valence-electron chi connectivity index (χ1n) is 8.54. The number of fused-ring (bicyclic) bond motifs is 1. The average Bonchev–Trinajstić information content (AvgIpc) is 3.20. The van der Waals surface area contributed by atoms with Gasteiger partial charge >= 0.3 is 0 Å². The lowest BCUT2D eigenvalue weighted by Gasteiger charge is -2.29. The molecule has 2 saturated heterocycles. The summed E-state index contributed by atoms with van der Waals surface area (Å²) in [4.78, 5) is 50.8. The molecule has 2 atom stereocenters. The van der Waals surface area contributed by atoms with Crippen LogP contribution in [0.3, 0.4) is 0 Å². The van der Waals surface area contributed by atoms with Crippen molar-refractivity contribution < 1.29 is 19.2 Å². The van der Waals surface area contributed by atoms with E-state index < -0.39 is 11.9 Å². The highest BCUT2D eigenvalue weighted by Crippen LogP contribution is 2.32. The Morgan fingerprint density at radius 3 is 2.72 bits per heavy atom. The van der Waals surface area contributed by atoms with Crippen molar-refractivity contribution in [2.75, 3.05) is 18.0 Å². The molecule has 0 spiro atoms. The number of aldehydes is 1. The van der Waals surface area contributed by atoms with Crippen LogP contribution < -0.4 is 10.2 Å². The van der Waals surface area contributed by atoms with Gasteiger partial charge < -0.3 is 14.6 Å². The van der Waals surface area contributed by atoms with E-state index in [2.05, 4.69) is 10.2 Å². The van der Waals surface area contributed by atoms with Gasteiger partial charge in [-0.2, -0.15) is 0 Å². The van der Waals surface area contributed by atoms with Crippen molar-refractivity contribution >= 4 is 29.7 Å². The van der Waals surface area contributed by atoms with Crippen molar-refractivity contribution in [3.8, 4) is 0 Å². The van der Waals surface area contributed by atoms with Gasteiger partial charge in [-0.25, -0.2) is 0 Å². The number of carbonyl (C=O) groups is 4. The fraction of sp³-hybridized carbons (Fsp3) is 0.444. The Kier molecular flexibility index (Phi) is 3.78. The Morgan fingerprint density at radius 2 is 2.00 bits per heavy atom. The fourth-order valence-electron chi connectivity index (χ4n) is 3.87. The van der Waals surface area contributed by atoms with Gasteiger partial charge in [0.05, 0.1) is 0 Å². The molecule has 2 unspecified atom stereocenters. The fourth-order valence-corrected chi connectivity index (χ4v) is 3.87. The third-order valence-electron chi connectivity index (χ3n) is 5.29. The minimum absolute atomic E-state index is 0.0453. The number of hydrogen-bond donors (Lipinski definition) is 1. The van der Waals surface area contributed by atoms with Gasteiger partial charge in [0.2, 0.25) is 11.8 Å². The Balaban J connectivity index is 1.55. The molecule has 1 aromatic carbocycles. The van der Waals surface area contributed by atoms with Crippen molar-refractivity contribution in [1.82, 2.24) is 10.2 Å². The molecule has 7 heteroatoms. The largest absolute Gasteiger partial charge is 0.371 e. The summed E-state index contributed by atoms with van der Waals surface area (Å²) in [7, 11) is 0. The molecule has 0 bridgehead atoms. The number of amides is 3. The van der Waals surface area contributed by atoms with Crippen LogP contribution in [0.25, 0.3) is 0 Å². The van der Waals surface area contributed by atoms with Gasteiger partial charge in [0.15, 0.2) is 0 Å². The number of nitrogens with one attached hydrogen (secondary N) is 1. The number of nitrogens with zero attached hydrogens (tertiary/aromatic N) is 2. The molecule has 3 heterocycles. The van der Waals surface area contributed by atoms with Gasteiger partial charge in [0, 0.05) is 43.2 Å². The number of piperidine rings is 1. The van der Waals surface area contributed by atoms with Gasteiger partial charge in [-0.1, -0.05) is 6.07 Å². The first kappa shape index (κ1) is 15.8. The van der Waals surface area contributed by atoms with Crippen LogP contribution in [0.4, 0.5) is 5.69 Å².